The molecule has 1 aromatic rings. The molecule has 1 aliphatic carbocycles. The van der Waals surface area contributed by atoms with E-state index in [1.807, 2.05) is 16.8 Å². The first-order valence-corrected chi connectivity index (χ1v) is 6.62. The molecular weight excluding hydrogens is 238 g/mol. The van der Waals surface area contributed by atoms with Crippen LogP contribution >= 0.6 is 11.3 Å². The molecule has 1 amide bonds. The van der Waals surface area contributed by atoms with Gasteiger partial charge >= 0.3 is 5.97 Å². The minimum atomic E-state index is -0.780. The molecule has 0 unspecified atom stereocenters. The molecule has 2 atom stereocenters. The van der Waals surface area contributed by atoms with Crippen LogP contribution in [0.1, 0.15) is 24.8 Å². The molecule has 0 aliphatic heterocycles. The maximum Gasteiger partial charge on any atom is 0.306 e. The second kappa shape index (κ2) is 5.31. The molecule has 0 bridgehead atoms. The highest BCUT2D eigenvalue weighted by Gasteiger charge is 2.33. The van der Waals surface area contributed by atoms with Gasteiger partial charge in [0.15, 0.2) is 0 Å². The maximum absolute atomic E-state index is 11.8. The number of rotatable bonds is 4. The number of hydrogen-bond donors (Lipinski definition) is 2. The van der Waals surface area contributed by atoms with Crippen LogP contribution < -0.4 is 5.32 Å². The Hall–Kier alpha value is -1.36. The van der Waals surface area contributed by atoms with E-state index in [-0.39, 0.29) is 17.7 Å². The lowest BCUT2D eigenvalue weighted by Crippen LogP contribution is -2.29. The SMILES string of the molecule is O=C(O)[C@H]1CC[C@@H](C(=O)NCc2ccsc2)C1. The third kappa shape index (κ3) is 3.06. The van der Waals surface area contributed by atoms with Gasteiger partial charge in [-0.25, -0.2) is 0 Å². The van der Waals surface area contributed by atoms with Gasteiger partial charge in [0.1, 0.15) is 0 Å². The normalized spacial score (nSPS) is 23.5. The summed E-state index contributed by atoms with van der Waals surface area (Å²) in [6.45, 7) is 0.538. The number of carboxylic acids is 1. The zero-order valence-corrected chi connectivity index (χ0v) is 10.2. The topological polar surface area (TPSA) is 66.4 Å². The number of aliphatic carboxylic acids is 1. The van der Waals surface area contributed by atoms with Crippen molar-refractivity contribution in [1.82, 2.24) is 5.32 Å². The van der Waals surface area contributed by atoms with Crippen molar-refractivity contribution in [3.63, 3.8) is 0 Å². The minimum absolute atomic E-state index is 0.0139. The van der Waals surface area contributed by atoms with Crippen molar-refractivity contribution >= 4 is 23.2 Å². The predicted octanol–water partition coefficient (Wildman–Crippen LogP) is 1.87. The lowest BCUT2D eigenvalue weighted by atomic mass is 10.0. The lowest BCUT2D eigenvalue weighted by molar-refractivity contribution is -0.141. The highest BCUT2D eigenvalue weighted by atomic mass is 32.1. The molecule has 0 aromatic carbocycles. The fourth-order valence-corrected chi connectivity index (χ4v) is 2.84. The first-order valence-electron chi connectivity index (χ1n) is 5.68. The number of carbonyl (C=O) groups excluding carboxylic acids is 1. The van der Waals surface area contributed by atoms with Crippen LogP contribution in [0.5, 0.6) is 0 Å². The maximum atomic E-state index is 11.8. The summed E-state index contributed by atoms with van der Waals surface area (Å²) < 4.78 is 0. The molecule has 1 fully saturated rings. The van der Waals surface area contributed by atoms with E-state index >= 15 is 0 Å². The fraction of sp³-hybridized carbons (Fsp3) is 0.500. The molecule has 92 valence electrons. The second-order valence-corrected chi connectivity index (χ2v) is 5.17. The van der Waals surface area contributed by atoms with Crippen molar-refractivity contribution in [2.24, 2.45) is 11.8 Å². The summed E-state index contributed by atoms with van der Waals surface area (Å²) in [6, 6.07) is 1.97. The molecule has 1 aromatic heterocycles. The van der Waals surface area contributed by atoms with Crippen LogP contribution in [0.15, 0.2) is 16.8 Å². The van der Waals surface area contributed by atoms with Crippen molar-refractivity contribution in [1.29, 1.82) is 0 Å². The van der Waals surface area contributed by atoms with Gasteiger partial charge < -0.3 is 10.4 Å². The Kier molecular flexibility index (Phi) is 3.78. The monoisotopic (exact) mass is 253 g/mol. The van der Waals surface area contributed by atoms with E-state index in [1.165, 1.54) is 0 Å². The van der Waals surface area contributed by atoms with E-state index in [1.54, 1.807) is 11.3 Å². The summed E-state index contributed by atoms with van der Waals surface area (Å²) in [4.78, 5) is 22.6. The molecule has 2 N–H and O–H groups in total. The van der Waals surface area contributed by atoms with Crippen LogP contribution in [-0.4, -0.2) is 17.0 Å². The first kappa shape index (κ1) is 12.1. The second-order valence-electron chi connectivity index (χ2n) is 4.39. The van der Waals surface area contributed by atoms with Crippen molar-refractivity contribution in [3.05, 3.63) is 22.4 Å². The highest BCUT2D eigenvalue weighted by Crippen LogP contribution is 2.31. The minimum Gasteiger partial charge on any atom is -0.481 e. The van der Waals surface area contributed by atoms with Gasteiger partial charge in [-0.15, -0.1) is 0 Å². The Morgan fingerprint density at radius 1 is 1.41 bits per heavy atom. The van der Waals surface area contributed by atoms with Gasteiger partial charge in [-0.05, 0) is 41.7 Å². The van der Waals surface area contributed by atoms with Gasteiger partial charge in [0.05, 0.1) is 5.92 Å². The quantitative estimate of drug-likeness (QED) is 0.860. The van der Waals surface area contributed by atoms with Crippen molar-refractivity contribution in [2.75, 3.05) is 0 Å². The summed E-state index contributed by atoms with van der Waals surface area (Å²) in [6.07, 6.45) is 1.78. The van der Waals surface area contributed by atoms with Gasteiger partial charge in [-0.1, -0.05) is 0 Å². The van der Waals surface area contributed by atoms with Crippen LogP contribution in [0.4, 0.5) is 0 Å². The third-order valence-corrected chi connectivity index (χ3v) is 3.93. The van der Waals surface area contributed by atoms with E-state index in [2.05, 4.69) is 5.32 Å². The third-order valence-electron chi connectivity index (χ3n) is 3.20. The summed E-state index contributed by atoms with van der Waals surface area (Å²) in [7, 11) is 0. The van der Waals surface area contributed by atoms with Crippen LogP contribution in [0.2, 0.25) is 0 Å². The molecule has 5 heteroatoms. The molecule has 1 aliphatic rings. The van der Waals surface area contributed by atoms with Crippen LogP contribution in [-0.2, 0) is 16.1 Å². The van der Waals surface area contributed by atoms with Crippen molar-refractivity contribution < 1.29 is 14.7 Å². The zero-order chi connectivity index (χ0) is 12.3. The number of nitrogens with one attached hydrogen (secondary N) is 1. The zero-order valence-electron chi connectivity index (χ0n) is 9.39. The smallest absolute Gasteiger partial charge is 0.306 e. The fourth-order valence-electron chi connectivity index (χ4n) is 2.17. The van der Waals surface area contributed by atoms with Gasteiger partial charge in [0.25, 0.3) is 0 Å². The van der Waals surface area contributed by atoms with Crippen molar-refractivity contribution in [2.45, 2.75) is 25.8 Å². The van der Waals surface area contributed by atoms with Gasteiger partial charge in [-0.2, -0.15) is 11.3 Å². The molecular formula is C12H15NO3S. The van der Waals surface area contributed by atoms with Crippen molar-refractivity contribution in [3.8, 4) is 0 Å². The number of carboxylic acid groups (broad SMARTS) is 1. The van der Waals surface area contributed by atoms with Crippen LogP contribution in [0.3, 0.4) is 0 Å². The van der Waals surface area contributed by atoms with E-state index < -0.39 is 5.97 Å². The Balaban J connectivity index is 1.79. The Labute approximate surface area is 104 Å². The molecule has 4 nitrogen and oxygen atoms in total. The van der Waals surface area contributed by atoms with E-state index in [0.717, 1.165) is 5.56 Å². The molecule has 1 heterocycles. The molecule has 0 saturated heterocycles. The predicted molar refractivity (Wildman–Crippen MR) is 64.6 cm³/mol. The molecule has 0 spiro atoms. The number of carbonyl (C=O) groups is 2. The summed E-state index contributed by atoms with van der Waals surface area (Å²) in [5.41, 5.74) is 1.09. The molecule has 2 rings (SSSR count). The summed E-state index contributed by atoms with van der Waals surface area (Å²) in [5, 5.41) is 15.7. The summed E-state index contributed by atoms with van der Waals surface area (Å²) in [5.74, 6) is -1.26. The Bertz CT molecular complexity index is 402. The van der Waals surface area contributed by atoms with Crippen LogP contribution in [0, 0.1) is 11.8 Å². The summed E-state index contributed by atoms with van der Waals surface area (Å²) >= 11 is 1.60. The number of amides is 1. The van der Waals surface area contributed by atoms with E-state index in [9.17, 15) is 9.59 Å². The molecule has 0 radical (unpaired) electrons. The average molecular weight is 253 g/mol. The standard InChI is InChI=1S/C12H15NO3S/c14-11(13-6-8-3-4-17-7-8)9-1-2-10(5-9)12(15)16/h3-4,7,9-10H,1-2,5-6H2,(H,13,14)(H,15,16)/t9-,10+/m1/s1. The number of thiophene rings is 1. The van der Waals surface area contributed by atoms with Gasteiger partial charge in [-0.3, -0.25) is 9.59 Å². The average Bonchev–Trinajstić information content (AvgIpc) is 2.96. The first-order chi connectivity index (χ1) is 8.16. The van der Waals surface area contributed by atoms with E-state index in [4.69, 9.17) is 5.11 Å². The number of hydrogen-bond acceptors (Lipinski definition) is 3. The van der Waals surface area contributed by atoms with Gasteiger partial charge in [0, 0.05) is 12.5 Å². The lowest BCUT2D eigenvalue weighted by Gasteiger charge is -2.09. The van der Waals surface area contributed by atoms with Gasteiger partial charge in [0.2, 0.25) is 5.91 Å². The Morgan fingerprint density at radius 2 is 2.18 bits per heavy atom. The Morgan fingerprint density at radius 3 is 2.76 bits per heavy atom. The largest absolute Gasteiger partial charge is 0.481 e. The van der Waals surface area contributed by atoms with Crippen LogP contribution in [0.25, 0.3) is 0 Å². The molecule has 1 saturated carbocycles. The van der Waals surface area contributed by atoms with E-state index in [0.29, 0.717) is 25.8 Å². The molecule has 17 heavy (non-hydrogen) atoms. The highest BCUT2D eigenvalue weighted by molar-refractivity contribution is 7.07.